The number of para-hydroxylation sites is 1. The monoisotopic (exact) mass is 275 g/mol. The third-order valence-electron chi connectivity index (χ3n) is 4.47. The van der Waals surface area contributed by atoms with Gasteiger partial charge in [-0.3, -0.25) is 4.79 Å². The lowest BCUT2D eigenvalue weighted by molar-refractivity contribution is -0.142. The summed E-state index contributed by atoms with van der Waals surface area (Å²) in [6, 6.07) is 8.95. The molecule has 1 saturated carbocycles. The zero-order valence-corrected chi connectivity index (χ0v) is 11.5. The molecule has 1 fully saturated rings. The number of carboxylic acid groups (broad SMARTS) is 1. The Morgan fingerprint density at radius 1 is 1.15 bits per heavy atom. The third-order valence-corrected chi connectivity index (χ3v) is 4.47. The fourth-order valence-electron chi connectivity index (χ4n) is 3.31. The minimum atomic E-state index is -0.639. The highest BCUT2D eigenvalue weighted by Crippen LogP contribution is 2.33. The van der Waals surface area contributed by atoms with Crippen LogP contribution in [0.3, 0.4) is 0 Å². The molecule has 3 rings (SSSR count). The summed E-state index contributed by atoms with van der Waals surface area (Å²) in [5.74, 6) is 0.199. The number of fused-ring (bicyclic) bond motifs is 1. The van der Waals surface area contributed by atoms with Crippen LogP contribution in [0.2, 0.25) is 0 Å². The van der Waals surface area contributed by atoms with Crippen molar-refractivity contribution in [3.8, 4) is 5.75 Å². The topological polar surface area (TPSA) is 58.6 Å². The van der Waals surface area contributed by atoms with Gasteiger partial charge in [-0.05, 0) is 31.7 Å². The number of ether oxygens (including phenoxy) is 1. The van der Waals surface area contributed by atoms with E-state index in [9.17, 15) is 4.79 Å². The summed E-state index contributed by atoms with van der Waals surface area (Å²) in [5, 5.41) is 12.7. The SMILES string of the molecule is O=C(O)C1CCC(NC2CCOc3ccccc32)CC1. The van der Waals surface area contributed by atoms with Crippen LogP contribution in [0.25, 0.3) is 0 Å². The molecular weight excluding hydrogens is 254 g/mol. The summed E-state index contributed by atoms with van der Waals surface area (Å²) in [6.45, 7) is 0.749. The largest absolute Gasteiger partial charge is 0.493 e. The average molecular weight is 275 g/mol. The molecule has 0 radical (unpaired) electrons. The Balaban J connectivity index is 1.61. The molecule has 4 nitrogen and oxygen atoms in total. The highest BCUT2D eigenvalue weighted by molar-refractivity contribution is 5.70. The first-order chi connectivity index (χ1) is 9.74. The van der Waals surface area contributed by atoms with Gasteiger partial charge in [0.2, 0.25) is 0 Å². The first-order valence-electron chi connectivity index (χ1n) is 7.44. The van der Waals surface area contributed by atoms with Crippen LogP contribution in [0.4, 0.5) is 0 Å². The maximum atomic E-state index is 11.0. The van der Waals surface area contributed by atoms with Crippen LogP contribution in [0, 0.1) is 5.92 Å². The van der Waals surface area contributed by atoms with E-state index in [-0.39, 0.29) is 5.92 Å². The predicted octanol–water partition coefficient (Wildman–Crippen LogP) is 2.74. The van der Waals surface area contributed by atoms with Crippen molar-refractivity contribution in [2.75, 3.05) is 6.61 Å². The molecule has 0 bridgehead atoms. The van der Waals surface area contributed by atoms with E-state index in [1.165, 1.54) is 5.56 Å². The van der Waals surface area contributed by atoms with E-state index in [1.807, 2.05) is 18.2 Å². The number of benzene rings is 1. The molecule has 1 atom stereocenters. The highest BCUT2D eigenvalue weighted by Gasteiger charge is 2.29. The maximum absolute atomic E-state index is 11.0. The van der Waals surface area contributed by atoms with Crippen molar-refractivity contribution < 1.29 is 14.6 Å². The van der Waals surface area contributed by atoms with Gasteiger partial charge in [-0.1, -0.05) is 18.2 Å². The Labute approximate surface area is 119 Å². The van der Waals surface area contributed by atoms with Crippen molar-refractivity contribution >= 4 is 5.97 Å². The van der Waals surface area contributed by atoms with E-state index in [0.717, 1.165) is 44.5 Å². The van der Waals surface area contributed by atoms with Crippen LogP contribution in [-0.2, 0) is 4.79 Å². The van der Waals surface area contributed by atoms with Gasteiger partial charge < -0.3 is 15.2 Å². The molecule has 0 saturated heterocycles. The highest BCUT2D eigenvalue weighted by atomic mass is 16.5. The number of nitrogens with one attached hydrogen (secondary N) is 1. The predicted molar refractivity (Wildman–Crippen MR) is 75.8 cm³/mol. The van der Waals surface area contributed by atoms with Crippen LogP contribution < -0.4 is 10.1 Å². The smallest absolute Gasteiger partial charge is 0.306 e. The second-order valence-electron chi connectivity index (χ2n) is 5.78. The Kier molecular flexibility index (Phi) is 3.92. The Morgan fingerprint density at radius 3 is 2.65 bits per heavy atom. The summed E-state index contributed by atoms with van der Waals surface area (Å²) >= 11 is 0. The van der Waals surface area contributed by atoms with E-state index in [4.69, 9.17) is 9.84 Å². The zero-order valence-electron chi connectivity index (χ0n) is 11.5. The Morgan fingerprint density at radius 2 is 1.90 bits per heavy atom. The Hall–Kier alpha value is -1.55. The van der Waals surface area contributed by atoms with E-state index >= 15 is 0 Å². The number of hydrogen-bond donors (Lipinski definition) is 2. The molecule has 0 amide bonds. The molecule has 0 spiro atoms. The summed E-state index contributed by atoms with van der Waals surface area (Å²) in [4.78, 5) is 11.0. The van der Waals surface area contributed by atoms with Gasteiger partial charge in [0.15, 0.2) is 0 Å². The fourth-order valence-corrected chi connectivity index (χ4v) is 3.31. The van der Waals surface area contributed by atoms with Gasteiger partial charge >= 0.3 is 5.97 Å². The molecule has 1 aliphatic heterocycles. The minimum absolute atomic E-state index is 0.143. The first-order valence-corrected chi connectivity index (χ1v) is 7.44. The molecule has 0 aromatic heterocycles. The fraction of sp³-hybridized carbons (Fsp3) is 0.562. The number of carbonyl (C=O) groups is 1. The molecule has 4 heteroatoms. The van der Waals surface area contributed by atoms with Crippen LogP contribution >= 0.6 is 0 Å². The number of carboxylic acids is 1. The number of rotatable bonds is 3. The van der Waals surface area contributed by atoms with E-state index in [1.54, 1.807) is 0 Å². The van der Waals surface area contributed by atoms with Gasteiger partial charge in [-0.2, -0.15) is 0 Å². The lowest BCUT2D eigenvalue weighted by atomic mass is 9.85. The van der Waals surface area contributed by atoms with Crippen LogP contribution in [0.1, 0.15) is 43.7 Å². The van der Waals surface area contributed by atoms with E-state index in [0.29, 0.717) is 12.1 Å². The molecule has 108 valence electrons. The van der Waals surface area contributed by atoms with Gasteiger partial charge in [0.25, 0.3) is 0 Å². The Bertz CT molecular complexity index is 480. The van der Waals surface area contributed by atoms with Gasteiger partial charge in [-0.25, -0.2) is 0 Å². The summed E-state index contributed by atoms with van der Waals surface area (Å²) in [7, 11) is 0. The van der Waals surface area contributed by atoms with Crippen molar-refractivity contribution in [1.82, 2.24) is 5.32 Å². The summed E-state index contributed by atoms with van der Waals surface area (Å²) in [5.41, 5.74) is 1.24. The molecule has 1 aromatic carbocycles. The standard InChI is InChI=1S/C16H21NO3/c18-16(19)11-5-7-12(8-6-11)17-14-9-10-20-15-4-2-1-3-13(14)15/h1-4,11-12,14,17H,5-10H2,(H,18,19). The number of aliphatic carboxylic acids is 1. The summed E-state index contributed by atoms with van der Waals surface area (Å²) < 4.78 is 5.67. The quantitative estimate of drug-likeness (QED) is 0.890. The van der Waals surface area contributed by atoms with E-state index in [2.05, 4.69) is 11.4 Å². The number of hydrogen-bond acceptors (Lipinski definition) is 3. The van der Waals surface area contributed by atoms with Gasteiger partial charge in [0, 0.05) is 24.1 Å². The van der Waals surface area contributed by atoms with E-state index < -0.39 is 5.97 Å². The molecule has 1 heterocycles. The van der Waals surface area contributed by atoms with Crippen molar-refractivity contribution in [2.24, 2.45) is 5.92 Å². The molecule has 2 aliphatic rings. The average Bonchev–Trinajstić information content (AvgIpc) is 2.48. The molecule has 1 aromatic rings. The minimum Gasteiger partial charge on any atom is -0.493 e. The van der Waals surface area contributed by atoms with Crippen molar-refractivity contribution in [3.05, 3.63) is 29.8 Å². The van der Waals surface area contributed by atoms with Crippen molar-refractivity contribution in [1.29, 1.82) is 0 Å². The summed E-state index contributed by atoms with van der Waals surface area (Å²) in [6.07, 6.45) is 4.47. The molecule has 2 N–H and O–H groups in total. The third kappa shape index (κ3) is 2.80. The lowest BCUT2D eigenvalue weighted by Gasteiger charge is -2.33. The van der Waals surface area contributed by atoms with Crippen LogP contribution in [-0.4, -0.2) is 23.7 Å². The second-order valence-corrected chi connectivity index (χ2v) is 5.78. The maximum Gasteiger partial charge on any atom is 0.306 e. The molecule has 20 heavy (non-hydrogen) atoms. The van der Waals surface area contributed by atoms with Gasteiger partial charge in [0.1, 0.15) is 5.75 Å². The molecular formula is C16H21NO3. The van der Waals surface area contributed by atoms with Crippen molar-refractivity contribution in [3.63, 3.8) is 0 Å². The van der Waals surface area contributed by atoms with Crippen molar-refractivity contribution in [2.45, 2.75) is 44.2 Å². The van der Waals surface area contributed by atoms with Gasteiger partial charge in [0.05, 0.1) is 12.5 Å². The van der Waals surface area contributed by atoms with Crippen LogP contribution in [0.15, 0.2) is 24.3 Å². The van der Waals surface area contributed by atoms with Crippen LogP contribution in [0.5, 0.6) is 5.75 Å². The van der Waals surface area contributed by atoms with Gasteiger partial charge in [-0.15, -0.1) is 0 Å². The zero-order chi connectivity index (χ0) is 13.9. The second kappa shape index (κ2) is 5.83. The lowest BCUT2D eigenvalue weighted by Crippen LogP contribution is -2.38. The normalized spacial score (nSPS) is 29.3. The molecule has 1 aliphatic carbocycles. The first kappa shape index (κ1) is 13.4. The molecule has 1 unspecified atom stereocenters.